The Labute approximate surface area is 182 Å². The van der Waals surface area contributed by atoms with Crippen molar-refractivity contribution in [3.8, 4) is 17.2 Å². The summed E-state index contributed by atoms with van der Waals surface area (Å²) >= 11 is 6.26. The first kappa shape index (κ1) is 18.5. The third kappa shape index (κ3) is 2.58. The number of hydrogen-bond donors (Lipinski definition) is 0. The second kappa shape index (κ2) is 6.62. The highest BCUT2D eigenvalue weighted by molar-refractivity contribution is 6.31. The summed E-state index contributed by atoms with van der Waals surface area (Å²) in [4.78, 5) is 15.7. The number of para-hydroxylation sites is 1. The van der Waals surface area contributed by atoms with Gasteiger partial charge in [-0.05, 0) is 35.4 Å². The third-order valence-corrected chi connectivity index (χ3v) is 6.51. The molecule has 7 heteroatoms. The molecule has 0 aliphatic carbocycles. The van der Waals surface area contributed by atoms with E-state index in [9.17, 15) is 9.18 Å². The molecule has 31 heavy (non-hydrogen) atoms. The lowest BCUT2D eigenvalue weighted by molar-refractivity contribution is -0.122. The summed E-state index contributed by atoms with van der Waals surface area (Å²) < 4.78 is 31.0. The van der Waals surface area contributed by atoms with Gasteiger partial charge in [0.05, 0.1) is 6.54 Å². The van der Waals surface area contributed by atoms with Gasteiger partial charge in [0.15, 0.2) is 11.5 Å². The van der Waals surface area contributed by atoms with Gasteiger partial charge in [-0.2, -0.15) is 0 Å². The number of benzene rings is 3. The summed E-state index contributed by atoms with van der Waals surface area (Å²) in [5, 5.41) is 0.286. The van der Waals surface area contributed by atoms with Crippen molar-refractivity contribution in [3.05, 3.63) is 82.1 Å². The maximum absolute atomic E-state index is 14.0. The van der Waals surface area contributed by atoms with Gasteiger partial charge >= 0.3 is 0 Å². The molecule has 1 spiro atoms. The number of amides is 1. The zero-order valence-electron chi connectivity index (χ0n) is 16.4. The van der Waals surface area contributed by atoms with Crippen molar-refractivity contribution in [2.45, 2.75) is 12.0 Å². The Morgan fingerprint density at radius 1 is 0.935 bits per heavy atom. The van der Waals surface area contributed by atoms with Gasteiger partial charge in [0, 0.05) is 22.3 Å². The molecule has 0 bridgehead atoms. The molecule has 0 fully saturated rings. The van der Waals surface area contributed by atoms with E-state index in [1.807, 2.05) is 30.3 Å². The second-order valence-electron chi connectivity index (χ2n) is 7.83. The molecule has 0 saturated carbocycles. The van der Waals surface area contributed by atoms with Crippen molar-refractivity contribution in [3.63, 3.8) is 0 Å². The van der Waals surface area contributed by atoms with Crippen molar-refractivity contribution in [1.82, 2.24) is 0 Å². The Morgan fingerprint density at radius 3 is 2.52 bits per heavy atom. The predicted octanol–water partition coefficient (Wildman–Crippen LogP) is 4.48. The molecule has 3 aromatic rings. The van der Waals surface area contributed by atoms with Crippen LogP contribution in [-0.4, -0.2) is 25.7 Å². The minimum atomic E-state index is -0.978. The summed E-state index contributed by atoms with van der Waals surface area (Å²) in [6.07, 6.45) is 0. The van der Waals surface area contributed by atoms with Crippen LogP contribution in [-0.2, 0) is 16.8 Å². The minimum absolute atomic E-state index is 0.107. The Hall–Kier alpha value is -3.25. The fourth-order valence-corrected chi connectivity index (χ4v) is 4.92. The first-order chi connectivity index (χ1) is 15.1. The number of ether oxygens (including phenoxy) is 3. The summed E-state index contributed by atoms with van der Waals surface area (Å²) in [6, 6.07) is 15.6. The average molecular weight is 438 g/mol. The first-order valence-electron chi connectivity index (χ1n) is 10.0. The molecule has 1 amide bonds. The number of anilines is 1. The summed E-state index contributed by atoms with van der Waals surface area (Å²) in [6.45, 7) is 1.36. The number of rotatable bonds is 2. The van der Waals surface area contributed by atoms with Gasteiger partial charge in [-0.1, -0.05) is 35.9 Å². The van der Waals surface area contributed by atoms with Crippen molar-refractivity contribution in [2.75, 3.05) is 24.7 Å². The van der Waals surface area contributed by atoms with E-state index < -0.39 is 11.2 Å². The third-order valence-electron chi connectivity index (χ3n) is 6.16. The highest BCUT2D eigenvalue weighted by atomic mass is 35.5. The van der Waals surface area contributed by atoms with E-state index in [-0.39, 0.29) is 24.1 Å². The van der Waals surface area contributed by atoms with Crippen LogP contribution in [0.1, 0.15) is 16.7 Å². The number of carbonyl (C=O) groups excluding carboxylic acids is 1. The van der Waals surface area contributed by atoms with Crippen LogP contribution in [0.3, 0.4) is 0 Å². The molecule has 3 aliphatic heterocycles. The zero-order chi connectivity index (χ0) is 21.2. The Balaban J connectivity index is 1.49. The highest BCUT2D eigenvalue weighted by Crippen LogP contribution is 2.55. The Morgan fingerprint density at radius 2 is 1.71 bits per heavy atom. The van der Waals surface area contributed by atoms with Crippen LogP contribution in [0.5, 0.6) is 17.2 Å². The number of halogens is 2. The smallest absolute Gasteiger partial charge is 0.246 e. The lowest BCUT2D eigenvalue weighted by Gasteiger charge is -2.25. The Bertz CT molecular complexity index is 1250. The van der Waals surface area contributed by atoms with Gasteiger partial charge in [0.2, 0.25) is 5.91 Å². The van der Waals surface area contributed by atoms with Crippen LogP contribution in [0.25, 0.3) is 0 Å². The molecule has 5 nitrogen and oxygen atoms in total. The van der Waals surface area contributed by atoms with E-state index in [2.05, 4.69) is 0 Å². The van der Waals surface area contributed by atoms with E-state index in [0.29, 0.717) is 36.0 Å². The van der Waals surface area contributed by atoms with Crippen LogP contribution < -0.4 is 19.1 Å². The molecule has 156 valence electrons. The van der Waals surface area contributed by atoms with Gasteiger partial charge in [0.25, 0.3) is 0 Å². The molecular formula is C24H17ClFNO4. The fraction of sp³-hybridized carbons (Fsp3) is 0.208. The molecule has 0 aromatic heterocycles. The number of fused-ring (bicyclic) bond motifs is 5. The lowest BCUT2D eigenvalue weighted by atomic mass is 9.77. The molecular weight excluding hydrogens is 421 g/mol. The van der Waals surface area contributed by atoms with Crippen molar-refractivity contribution in [1.29, 1.82) is 0 Å². The minimum Gasteiger partial charge on any atom is -0.491 e. The molecule has 3 aliphatic rings. The van der Waals surface area contributed by atoms with Gasteiger partial charge in [-0.3, -0.25) is 4.79 Å². The van der Waals surface area contributed by atoms with E-state index >= 15 is 0 Å². The standard InChI is InChI=1S/C24H17ClFNO4/c25-18-9-15(26)6-5-14(18)12-27-19-4-2-1-3-16(19)24(23(27)28)13-31-20-11-22-21(10-17(20)24)29-7-8-30-22/h1-6,9-11H,7-8,12-13H2. The monoisotopic (exact) mass is 437 g/mol. The van der Waals surface area contributed by atoms with Crippen LogP contribution in [0, 0.1) is 5.82 Å². The summed E-state index contributed by atoms with van der Waals surface area (Å²) in [5.41, 5.74) is 2.12. The Kier molecular flexibility index (Phi) is 3.96. The zero-order valence-corrected chi connectivity index (χ0v) is 17.1. The van der Waals surface area contributed by atoms with E-state index in [1.165, 1.54) is 12.1 Å². The summed E-state index contributed by atoms with van der Waals surface area (Å²) in [5.74, 6) is 1.33. The fourth-order valence-electron chi connectivity index (χ4n) is 4.69. The molecule has 6 rings (SSSR count). The molecule has 3 heterocycles. The normalized spacial score (nSPS) is 20.6. The molecule has 0 N–H and O–H groups in total. The molecule has 0 saturated heterocycles. The second-order valence-corrected chi connectivity index (χ2v) is 8.24. The quantitative estimate of drug-likeness (QED) is 0.593. The number of hydrogen-bond acceptors (Lipinski definition) is 4. The van der Waals surface area contributed by atoms with Crippen LogP contribution in [0.15, 0.2) is 54.6 Å². The summed E-state index contributed by atoms with van der Waals surface area (Å²) in [7, 11) is 0. The highest BCUT2D eigenvalue weighted by Gasteiger charge is 2.57. The van der Waals surface area contributed by atoms with Gasteiger partial charge in [-0.15, -0.1) is 0 Å². The van der Waals surface area contributed by atoms with Crippen LogP contribution in [0.4, 0.5) is 10.1 Å². The van der Waals surface area contributed by atoms with Gasteiger partial charge in [-0.25, -0.2) is 4.39 Å². The number of nitrogens with zero attached hydrogens (tertiary/aromatic N) is 1. The van der Waals surface area contributed by atoms with Crippen molar-refractivity contribution in [2.24, 2.45) is 0 Å². The lowest BCUT2D eigenvalue weighted by Crippen LogP contribution is -2.42. The topological polar surface area (TPSA) is 48.0 Å². The SMILES string of the molecule is O=C1N(Cc2ccc(F)cc2Cl)c2ccccc2C12COc1cc3c(cc12)OCCO3. The first-order valence-corrected chi connectivity index (χ1v) is 10.4. The molecule has 1 unspecified atom stereocenters. The van der Waals surface area contributed by atoms with Crippen LogP contribution >= 0.6 is 11.6 Å². The molecule has 0 radical (unpaired) electrons. The largest absolute Gasteiger partial charge is 0.491 e. The van der Waals surface area contributed by atoms with Crippen LogP contribution in [0.2, 0.25) is 5.02 Å². The van der Waals surface area contributed by atoms with Gasteiger partial charge in [0.1, 0.15) is 36.8 Å². The van der Waals surface area contributed by atoms with E-state index in [4.69, 9.17) is 25.8 Å². The molecule has 1 atom stereocenters. The molecule has 3 aromatic carbocycles. The van der Waals surface area contributed by atoms with Crippen molar-refractivity contribution < 1.29 is 23.4 Å². The van der Waals surface area contributed by atoms with Gasteiger partial charge < -0.3 is 19.1 Å². The maximum Gasteiger partial charge on any atom is 0.246 e. The van der Waals surface area contributed by atoms with E-state index in [0.717, 1.165) is 16.8 Å². The van der Waals surface area contributed by atoms with E-state index in [1.54, 1.807) is 17.0 Å². The predicted molar refractivity (Wildman–Crippen MR) is 113 cm³/mol. The van der Waals surface area contributed by atoms with Crippen molar-refractivity contribution >= 4 is 23.2 Å². The number of carbonyl (C=O) groups is 1. The average Bonchev–Trinajstić information content (AvgIpc) is 3.26. The maximum atomic E-state index is 14.0.